The van der Waals surface area contributed by atoms with Gasteiger partial charge in [0.05, 0.1) is 24.8 Å². The summed E-state index contributed by atoms with van der Waals surface area (Å²) in [5, 5.41) is 12.1. The van der Waals surface area contributed by atoms with Crippen LogP contribution in [0.25, 0.3) is 0 Å². The number of nitrogens with zero attached hydrogens (tertiary/aromatic N) is 1. The van der Waals surface area contributed by atoms with Crippen LogP contribution in [0.1, 0.15) is 18.1 Å². The van der Waals surface area contributed by atoms with Gasteiger partial charge in [-0.25, -0.2) is 0 Å². The van der Waals surface area contributed by atoms with Crippen LogP contribution >= 0.6 is 0 Å². The fraction of sp³-hybridized carbons (Fsp3) is 0.357. The molecule has 0 heterocycles. The monoisotopic (exact) mass is 230 g/mol. The van der Waals surface area contributed by atoms with Gasteiger partial charge in [-0.1, -0.05) is 12.2 Å². The molecule has 1 aromatic carbocycles. The molecular formula is C14H18N2O. The molecule has 0 amide bonds. The summed E-state index contributed by atoms with van der Waals surface area (Å²) in [6.07, 6.45) is 0. The number of benzene rings is 1. The second-order valence-electron chi connectivity index (χ2n) is 4.08. The molecule has 0 saturated carbocycles. The first kappa shape index (κ1) is 13.3. The first-order chi connectivity index (χ1) is 8.13. The second-order valence-corrected chi connectivity index (χ2v) is 4.08. The van der Waals surface area contributed by atoms with Crippen molar-refractivity contribution in [2.45, 2.75) is 13.8 Å². The number of hydrogen-bond donors (Lipinski definition) is 1. The number of aryl methyl sites for hydroxylation is 1. The van der Waals surface area contributed by atoms with Crippen molar-refractivity contribution in [2.75, 3.05) is 25.1 Å². The SMILES string of the molecule is C=C(C)COCCNc1ccc(C#N)c(C)c1. The Morgan fingerprint density at radius 1 is 1.53 bits per heavy atom. The van der Waals surface area contributed by atoms with E-state index in [-0.39, 0.29) is 0 Å². The number of ether oxygens (including phenoxy) is 1. The van der Waals surface area contributed by atoms with Crippen molar-refractivity contribution in [2.24, 2.45) is 0 Å². The number of nitrogens with one attached hydrogen (secondary N) is 1. The van der Waals surface area contributed by atoms with Crippen molar-refractivity contribution in [3.05, 3.63) is 41.5 Å². The lowest BCUT2D eigenvalue weighted by Crippen LogP contribution is -2.10. The molecule has 3 heteroatoms. The quantitative estimate of drug-likeness (QED) is 0.603. The molecule has 0 aromatic heterocycles. The van der Waals surface area contributed by atoms with Gasteiger partial charge >= 0.3 is 0 Å². The van der Waals surface area contributed by atoms with Crippen molar-refractivity contribution in [1.82, 2.24) is 0 Å². The lowest BCUT2D eigenvalue weighted by molar-refractivity contribution is 0.167. The van der Waals surface area contributed by atoms with Crippen molar-refractivity contribution in [3.63, 3.8) is 0 Å². The highest BCUT2D eigenvalue weighted by Gasteiger charge is 1.98. The molecule has 0 radical (unpaired) electrons. The van der Waals surface area contributed by atoms with Gasteiger partial charge in [0.2, 0.25) is 0 Å². The van der Waals surface area contributed by atoms with E-state index in [0.717, 1.165) is 23.4 Å². The summed E-state index contributed by atoms with van der Waals surface area (Å²) in [5.74, 6) is 0. The lowest BCUT2D eigenvalue weighted by Gasteiger charge is -2.08. The van der Waals surface area contributed by atoms with Gasteiger partial charge in [-0.15, -0.1) is 0 Å². The van der Waals surface area contributed by atoms with Crippen LogP contribution in [0.4, 0.5) is 5.69 Å². The molecule has 0 atom stereocenters. The fourth-order valence-electron chi connectivity index (χ4n) is 1.41. The number of nitriles is 1. The van der Waals surface area contributed by atoms with Crippen LogP contribution in [0, 0.1) is 18.3 Å². The minimum absolute atomic E-state index is 0.605. The van der Waals surface area contributed by atoms with E-state index in [9.17, 15) is 0 Å². The summed E-state index contributed by atoms with van der Waals surface area (Å²) in [6, 6.07) is 7.85. The standard InChI is InChI=1S/C14H18N2O/c1-11(2)10-17-7-6-16-14-5-4-13(9-15)12(3)8-14/h4-5,8,16H,1,6-7,10H2,2-3H3. The zero-order chi connectivity index (χ0) is 12.7. The van der Waals surface area contributed by atoms with Crippen molar-refractivity contribution in [3.8, 4) is 6.07 Å². The Morgan fingerprint density at radius 3 is 2.88 bits per heavy atom. The van der Waals surface area contributed by atoms with Crippen LogP contribution in [-0.2, 0) is 4.74 Å². The maximum Gasteiger partial charge on any atom is 0.0994 e. The Hall–Kier alpha value is -1.79. The third kappa shape index (κ3) is 4.71. The maximum atomic E-state index is 8.81. The molecular weight excluding hydrogens is 212 g/mol. The van der Waals surface area contributed by atoms with E-state index in [1.165, 1.54) is 0 Å². The number of hydrogen-bond acceptors (Lipinski definition) is 3. The van der Waals surface area contributed by atoms with Crippen molar-refractivity contribution in [1.29, 1.82) is 5.26 Å². The zero-order valence-corrected chi connectivity index (χ0v) is 10.4. The summed E-state index contributed by atoms with van der Waals surface area (Å²) in [6.45, 7) is 9.64. The van der Waals surface area contributed by atoms with Gasteiger partial charge in [0.25, 0.3) is 0 Å². The summed E-state index contributed by atoms with van der Waals surface area (Å²) >= 11 is 0. The predicted molar refractivity (Wildman–Crippen MR) is 70.0 cm³/mol. The van der Waals surface area contributed by atoms with Crippen molar-refractivity contribution < 1.29 is 4.74 Å². The van der Waals surface area contributed by atoms with Gasteiger partial charge in [-0.3, -0.25) is 0 Å². The molecule has 90 valence electrons. The highest BCUT2D eigenvalue weighted by Crippen LogP contribution is 2.13. The van der Waals surface area contributed by atoms with E-state index in [4.69, 9.17) is 10.00 Å². The van der Waals surface area contributed by atoms with Crippen molar-refractivity contribution >= 4 is 5.69 Å². The smallest absolute Gasteiger partial charge is 0.0994 e. The predicted octanol–water partition coefficient (Wildman–Crippen LogP) is 2.87. The Balaban J connectivity index is 2.35. The molecule has 0 saturated heterocycles. The molecule has 0 aliphatic rings. The summed E-state index contributed by atoms with van der Waals surface area (Å²) in [5.41, 5.74) is 3.74. The molecule has 0 aliphatic heterocycles. The van der Waals surface area contributed by atoms with Crippen LogP contribution in [0.3, 0.4) is 0 Å². The van der Waals surface area contributed by atoms with Gasteiger partial charge in [-0.2, -0.15) is 5.26 Å². The average molecular weight is 230 g/mol. The third-order valence-electron chi connectivity index (χ3n) is 2.27. The van der Waals surface area contributed by atoms with Crippen LogP contribution in [0.5, 0.6) is 0 Å². The Bertz CT molecular complexity index is 432. The van der Waals surface area contributed by atoms with E-state index in [0.29, 0.717) is 18.8 Å². The largest absolute Gasteiger partial charge is 0.383 e. The molecule has 0 bridgehead atoms. The van der Waals surface area contributed by atoms with Gasteiger partial charge in [0.1, 0.15) is 0 Å². The normalized spacial score (nSPS) is 9.71. The average Bonchev–Trinajstić information content (AvgIpc) is 2.28. The number of anilines is 1. The Morgan fingerprint density at radius 2 is 2.29 bits per heavy atom. The van der Waals surface area contributed by atoms with Crippen LogP contribution < -0.4 is 5.32 Å². The number of rotatable bonds is 6. The summed E-state index contributed by atoms with van der Waals surface area (Å²) in [7, 11) is 0. The van der Waals surface area contributed by atoms with Gasteiger partial charge in [0, 0.05) is 12.2 Å². The topological polar surface area (TPSA) is 45.0 Å². The first-order valence-corrected chi connectivity index (χ1v) is 5.60. The lowest BCUT2D eigenvalue weighted by atomic mass is 10.1. The molecule has 1 rings (SSSR count). The van der Waals surface area contributed by atoms with Crippen LogP contribution in [0.15, 0.2) is 30.4 Å². The maximum absolute atomic E-state index is 8.81. The minimum Gasteiger partial charge on any atom is -0.383 e. The molecule has 3 nitrogen and oxygen atoms in total. The fourth-order valence-corrected chi connectivity index (χ4v) is 1.41. The molecule has 1 N–H and O–H groups in total. The molecule has 0 unspecified atom stereocenters. The van der Waals surface area contributed by atoms with E-state index in [1.807, 2.05) is 32.0 Å². The van der Waals surface area contributed by atoms with E-state index >= 15 is 0 Å². The second kappa shape index (κ2) is 6.72. The van der Waals surface area contributed by atoms with Crippen LogP contribution in [0.2, 0.25) is 0 Å². The van der Waals surface area contributed by atoms with Gasteiger partial charge in [-0.05, 0) is 37.6 Å². The zero-order valence-electron chi connectivity index (χ0n) is 10.4. The molecule has 0 fully saturated rings. The Kier molecular flexibility index (Phi) is 5.25. The van der Waals surface area contributed by atoms with Crippen LogP contribution in [-0.4, -0.2) is 19.8 Å². The highest BCUT2D eigenvalue weighted by atomic mass is 16.5. The summed E-state index contributed by atoms with van der Waals surface area (Å²) in [4.78, 5) is 0. The summed E-state index contributed by atoms with van der Waals surface area (Å²) < 4.78 is 5.38. The first-order valence-electron chi connectivity index (χ1n) is 5.60. The molecule has 0 spiro atoms. The third-order valence-corrected chi connectivity index (χ3v) is 2.27. The van der Waals surface area contributed by atoms with E-state index in [2.05, 4.69) is 18.0 Å². The molecule has 0 aliphatic carbocycles. The van der Waals surface area contributed by atoms with Gasteiger partial charge < -0.3 is 10.1 Å². The van der Waals surface area contributed by atoms with E-state index < -0.39 is 0 Å². The molecule has 1 aromatic rings. The Labute approximate surface area is 103 Å². The highest BCUT2D eigenvalue weighted by molar-refractivity contribution is 5.51. The van der Waals surface area contributed by atoms with Gasteiger partial charge in [0.15, 0.2) is 0 Å². The minimum atomic E-state index is 0.605. The molecule has 17 heavy (non-hydrogen) atoms. The van der Waals surface area contributed by atoms with E-state index in [1.54, 1.807) is 0 Å².